The summed E-state index contributed by atoms with van der Waals surface area (Å²) in [7, 11) is 0. The minimum Gasteiger partial charge on any atom is -0.508 e. The highest BCUT2D eigenvalue weighted by Gasteiger charge is 2.23. The predicted octanol–water partition coefficient (Wildman–Crippen LogP) is 3.86. The molecule has 1 aromatic heterocycles. The van der Waals surface area contributed by atoms with Gasteiger partial charge in [-0.1, -0.05) is 19.1 Å². The maximum Gasteiger partial charge on any atom is 0.336 e. The lowest BCUT2D eigenvalue weighted by molar-refractivity contribution is 0.0565. The zero-order valence-electron chi connectivity index (χ0n) is 16.7. The summed E-state index contributed by atoms with van der Waals surface area (Å²) in [4.78, 5) is 14.4. The highest BCUT2D eigenvalue weighted by Crippen LogP contribution is 2.32. The number of rotatable bonds is 6. The number of nitrogens with zero attached hydrogens (tertiary/aromatic N) is 1. The van der Waals surface area contributed by atoms with Gasteiger partial charge in [0.1, 0.15) is 24.0 Å². The average molecular weight is 395 g/mol. The number of benzene rings is 2. The van der Waals surface area contributed by atoms with E-state index in [1.54, 1.807) is 19.1 Å². The number of para-hydroxylation sites is 2. The molecule has 0 saturated carbocycles. The first-order chi connectivity index (χ1) is 14.0. The molecule has 0 radical (unpaired) electrons. The van der Waals surface area contributed by atoms with Gasteiger partial charge in [-0.05, 0) is 49.7 Å². The summed E-state index contributed by atoms with van der Waals surface area (Å²) >= 11 is 0. The molecule has 1 aliphatic heterocycles. The summed E-state index contributed by atoms with van der Waals surface area (Å²) in [5.74, 6) is 1.65. The molecule has 2 aromatic carbocycles. The minimum atomic E-state index is -0.413. The Bertz CT molecular complexity index is 1070. The van der Waals surface area contributed by atoms with Crippen molar-refractivity contribution >= 4 is 11.0 Å². The molecule has 1 aliphatic rings. The van der Waals surface area contributed by atoms with Crippen LogP contribution in [0, 0.1) is 6.92 Å². The fraction of sp³-hybridized carbons (Fsp3) is 0.348. The Balaban J connectivity index is 1.58. The van der Waals surface area contributed by atoms with Gasteiger partial charge in [-0.15, -0.1) is 0 Å². The van der Waals surface area contributed by atoms with Crippen LogP contribution in [0.4, 0.5) is 0 Å². The maximum absolute atomic E-state index is 12.1. The highest BCUT2D eigenvalue weighted by molar-refractivity contribution is 5.84. The third-order valence-corrected chi connectivity index (χ3v) is 5.18. The van der Waals surface area contributed by atoms with Crippen LogP contribution in [0.15, 0.2) is 51.7 Å². The normalized spacial score (nSPS) is 15.8. The summed E-state index contributed by atoms with van der Waals surface area (Å²) in [6.45, 7) is 6.49. The Hall–Kier alpha value is -2.99. The number of phenols is 1. The van der Waals surface area contributed by atoms with E-state index < -0.39 is 5.63 Å². The van der Waals surface area contributed by atoms with Crippen LogP contribution in [-0.4, -0.2) is 35.8 Å². The predicted molar refractivity (Wildman–Crippen MR) is 111 cm³/mol. The van der Waals surface area contributed by atoms with E-state index in [0.717, 1.165) is 35.4 Å². The van der Waals surface area contributed by atoms with Crippen molar-refractivity contribution in [3.8, 4) is 17.2 Å². The van der Waals surface area contributed by atoms with Crippen molar-refractivity contribution in [2.45, 2.75) is 32.9 Å². The van der Waals surface area contributed by atoms with E-state index in [4.69, 9.17) is 13.9 Å². The van der Waals surface area contributed by atoms with Gasteiger partial charge in [0, 0.05) is 30.1 Å². The lowest BCUT2D eigenvalue weighted by Gasteiger charge is -2.31. The van der Waals surface area contributed by atoms with E-state index in [2.05, 4.69) is 11.8 Å². The van der Waals surface area contributed by atoms with Crippen LogP contribution in [0.2, 0.25) is 0 Å². The van der Waals surface area contributed by atoms with Gasteiger partial charge in [0.15, 0.2) is 11.5 Å². The van der Waals surface area contributed by atoms with Crippen LogP contribution in [0.25, 0.3) is 11.0 Å². The number of ether oxygens (including phenoxy) is 2. The zero-order chi connectivity index (χ0) is 20.4. The highest BCUT2D eigenvalue weighted by atomic mass is 16.6. The number of hydrogen-bond acceptors (Lipinski definition) is 6. The molecule has 0 amide bonds. The summed E-state index contributed by atoms with van der Waals surface area (Å²) < 4.78 is 17.3. The largest absolute Gasteiger partial charge is 0.508 e. The Morgan fingerprint density at radius 3 is 2.76 bits per heavy atom. The van der Waals surface area contributed by atoms with Crippen LogP contribution < -0.4 is 15.1 Å². The fourth-order valence-electron chi connectivity index (χ4n) is 3.78. The second kappa shape index (κ2) is 8.17. The third-order valence-electron chi connectivity index (χ3n) is 5.18. The number of fused-ring (bicyclic) bond motifs is 2. The standard InChI is InChI=1S/C23H25NO5/c1-3-10-24(13-17-14-27-20-6-4-5-7-21(20)28-17)12-16-11-22(26)29-23-15(2)19(25)9-8-18(16)23/h4-9,11,17,25H,3,10,12-14H2,1-2H3. The Morgan fingerprint density at radius 2 is 1.97 bits per heavy atom. The van der Waals surface area contributed by atoms with E-state index in [0.29, 0.717) is 30.8 Å². The molecule has 6 nitrogen and oxygen atoms in total. The van der Waals surface area contributed by atoms with Crippen LogP contribution in [-0.2, 0) is 6.54 Å². The molecule has 0 saturated heterocycles. The summed E-state index contributed by atoms with van der Waals surface area (Å²) in [6.07, 6.45) is 0.886. The monoisotopic (exact) mass is 395 g/mol. The van der Waals surface area contributed by atoms with E-state index in [-0.39, 0.29) is 11.9 Å². The zero-order valence-corrected chi connectivity index (χ0v) is 16.7. The summed E-state index contributed by atoms with van der Waals surface area (Å²) in [5, 5.41) is 10.8. The second-order valence-corrected chi connectivity index (χ2v) is 7.41. The molecular formula is C23H25NO5. The minimum absolute atomic E-state index is 0.0892. The fourth-order valence-corrected chi connectivity index (χ4v) is 3.78. The maximum atomic E-state index is 12.1. The van der Waals surface area contributed by atoms with E-state index in [9.17, 15) is 9.90 Å². The molecule has 0 aliphatic carbocycles. The lowest BCUT2D eigenvalue weighted by atomic mass is 10.1. The molecule has 1 N–H and O–H groups in total. The van der Waals surface area contributed by atoms with Crippen molar-refractivity contribution in [1.82, 2.24) is 4.90 Å². The van der Waals surface area contributed by atoms with Gasteiger partial charge in [0.05, 0.1) is 0 Å². The first-order valence-corrected chi connectivity index (χ1v) is 9.91. The van der Waals surface area contributed by atoms with Crippen molar-refractivity contribution in [3.05, 3.63) is 64.0 Å². The molecule has 29 heavy (non-hydrogen) atoms. The van der Waals surface area contributed by atoms with Crippen LogP contribution >= 0.6 is 0 Å². The lowest BCUT2D eigenvalue weighted by Crippen LogP contribution is -2.41. The second-order valence-electron chi connectivity index (χ2n) is 7.41. The molecular weight excluding hydrogens is 370 g/mol. The Morgan fingerprint density at radius 1 is 1.17 bits per heavy atom. The van der Waals surface area contributed by atoms with E-state index >= 15 is 0 Å². The van der Waals surface area contributed by atoms with Crippen LogP contribution in [0.5, 0.6) is 17.2 Å². The molecule has 1 unspecified atom stereocenters. The number of phenolic OH excluding ortho intramolecular Hbond substituents is 1. The number of hydrogen-bond donors (Lipinski definition) is 1. The molecule has 0 spiro atoms. The van der Waals surface area contributed by atoms with Gasteiger partial charge in [0.25, 0.3) is 0 Å². The summed E-state index contributed by atoms with van der Waals surface area (Å²) in [5.41, 5.74) is 1.48. The molecule has 152 valence electrons. The van der Waals surface area contributed by atoms with Crippen LogP contribution in [0.1, 0.15) is 24.5 Å². The smallest absolute Gasteiger partial charge is 0.336 e. The first-order valence-electron chi connectivity index (χ1n) is 9.91. The average Bonchev–Trinajstić information content (AvgIpc) is 2.71. The van der Waals surface area contributed by atoms with Crippen molar-refractivity contribution in [1.29, 1.82) is 0 Å². The van der Waals surface area contributed by atoms with E-state index in [1.165, 1.54) is 6.07 Å². The van der Waals surface area contributed by atoms with Gasteiger partial charge in [-0.2, -0.15) is 0 Å². The van der Waals surface area contributed by atoms with Crippen LogP contribution in [0.3, 0.4) is 0 Å². The van der Waals surface area contributed by atoms with Crippen molar-refractivity contribution in [2.75, 3.05) is 19.7 Å². The topological polar surface area (TPSA) is 72.1 Å². The molecule has 3 aromatic rings. The Kier molecular flexibility index (Phi) is 5.45. The molecule has 0 bridgehead atoms. The van der Waals surface area contributed by atoms with E-state index in [1.807, 2.05) is 24.3 Å². The van der Waals surface area contributed by atoms with Gasteiger partial charge in [-0.25, -0.2) is 4.79 Å². The Labute approximate surface area is 169 Å². The van der Waals surface area contributed by atoms with Crippen molar-refractivity contribution < 1.29 is 19.0 Å². The molecule has 6 heteroatoms. The molecule has 1 atom stereocenters. The number of aromatic hydroxyl groups is 1. The SMILES string of the molecule is CCCN(Cc1cc(=O)oc2c(C)c(O)ccc12)CC1COc2ccccc2O1. The molecule has 4 rings (SSSR count). The van der Waals surface area contributed by atoms with Gasteiger partial charge >= 0.3 is 5.63 Å². The van der Waals surface area contributed by atoms with Gasteiger partial charge in [-0.3, -0.25) is 4.90 Å². The third kappa shape index (κ3) is 4.07. The number of aryl methyl sites for hydroxylation is 1. The summed E-state index contributed by atoms with van der Waals surface area (Å²) in [6, 6.07) is 12.7. The molecule has 2 heterocycles. The van der Waals surface area contributed by atoms with Gasteiger partial charge < -0.3 is 19.0 Å². The first kappa shape index (κ1) is 19.3. The van der Waals surface area contributed by atoms with Gasteiger partial charge in [0.2, 0.25) is 0 Å². The quantitative estimate of drug-likeness (QED) is 0.639. The van der Waals surface area contributed by atoms with Crippen molar-refractivity contribution in [2.24, 2.45) is 0 Å². The molecule has 0 fully saturated rings. The van der Waals surface area contributed by atoms with Crippen molar-refractivity contribution in [3.63, 3.8) is 0 Å².